The minimum absolute atomic E-state index is 0.582. The fraction of sp³-hybridized carbons (Fsp3) is 0.200. The number of halogens is 1. The van der Waals surface area contributed by atoms with Crippen molar-refractivity contribution in [3.63, 3.8) is 0 Å². The largest absolute Gasteiger partial charge is 0.416 e. The molecule has 0 amide bonds. The molecule has 4 nitrogen and oxygen atoms in total. The first-order chi connectivity index (χ1) is 7.65. The minimum Gasteiger partial charge on any atom is -0.416 e. The van der Waals surface area contributed by atoms with E-state index < -0.39 is 0 Å². The topological polar surface area (TPSA) is 64.9 Å². The fourth-order valence-corrected chi connectivity index (χ4v) is 2.69. The molecule has 0 saturated heterocycles. The molecule has 16 heavy (non-hydrogen) atoms. The van der Waals surface area contributed by atoms with Gasteiger partial charge in [-0.2, -0.15) is 0 Å². The molecule has 1 aromatic carbocycles. The van der Waals surface area contributed by atoms with E-state index in [1.54, 1.807) is 6.92 Å². The number of thioether (sulfide) groups is 1. The lowest BCUT2D eigenvalue weighted by molar-refractivity contribution is 0.429. The van der Waals surface area contributed by atoms with Crippen molar-refractivity contribution in [3.8, 4) is 0 Å². The summed E-state index contributed by atoms with van der Waals surface area (Å²) in [5.74, 6) is 1.35. The van der Waals surface area contributed by atoms with E-state index in [1.807, 2.05) is 18.2 Å². The van der Waals surface area contributed by atoms with Crippen LogP contribution in [0.2, 0.25) is 0 Å². The summed E-state index contributed by atoms with van der Waals surface area (Å²) in [6.07, 6.45) is 0. The van der Waals surface area contributed by atoms with Gasteiger partial charge in [-0.15, -0.1) is 10.2 Å². The van der Waals surface area contributed by atoms with E-state index >= 15 is 0 Å². The second-order valence-corrected chi connectivity index (χ2v) is 5.01. The first kappa shape index (κ1) is 11.5. The van der Waals surface area contributed by atoms with Gasteiger partial charge in [-0.05, 0) is 17.7 Å². The number of aromatic nitrogens is 2. The molecular formula is C10H10BrN3OS. The highest BCUT2D eigenvalue weighted by atomic mass is 79.9. The highest BCUT2D eigenvalue weighted by molar-refractivity contribution is 9.10. The molecule has 1 heterocycles. The lowest BCUT2D eigenvalue weighted by Crippen LogP contribution is -1.88. The number of nitrogens with two attached hydrogens (primary N) is 1. The SMILES string of the molecule is Cc1nnc(SCc2ccc(N)cc2Br)o1. The lowest BCUT2D eigenvalue weighted by atomic mass is 10.2. The van der Waals surface area contributed by atoms with Crippen LogP contribution in [-0.4, -0.2) is 10.2 Å². The van der Waals surface area contributed by atoms with E-state index in [-0.39, 0.29) is 0 Å². The van der Waals surface area contributed by atoms with Crippen LogP contribution < -0.4 is 5.73 Å². The number of anilines is 1. The van der Waals surface area contributed by atoms with Crippen LogP contribution in [0.15, 0.2) is 32.3 Å². The molecule has 2 aromatic rings. The van der Waals surface area contributed by atoms with Gasteiger partial charge in [0, 0.05) is 22.8 Å². The zero-order chi connectivity index (χ0) is 11.5. The Morgan fingerprint density at radius 2 is 2.25 bits per heavy atom. The molecule has 0 aliphatic heterocycles. The predicted octanol–water partition coefficient (Wildman–Crippen LogP) is 3.02. The second kappa shape index (κ2) is 4.88. The van der Waals surface area contributed by atoms with Gasteiger partial charge in [0.25, 0.3) is 5.22 Å². The number of nitrogen functional groups attached to an aromatic ring is 1. The predicted molar refractivity (Wildman–Crippen MR) is 67.2 cm³/mol. The molecule has 0 aliphatic carbocycles. The number of benzene rings is 1. The van der Waals surface area contributed by atoms with Crippen LogP contribution in [0.4, 0.5) is 5.69 Å². The van der Waals surface area contributed by atoms with Gasteiger partial charge < -0.3 is 10.2 Å². The molecule has 2 N–H and O–H groups in total. The second-order valence-electron chi connectivity index (χ2n) is 3.23. The number of aryl methyl sites for hydroxylation is 1. The molecule has 84 valence electrons. The molecule has 0 fully saturated rings. The summed E-state index contributed by atoms with van der Waals surface area (Å²) in [5, 5.41) is 8.27. The van der Waals surface area contributed by atoms with Crippen LogP contribution in [0.3, 0.4) is 0 Å². The summed E-state index contributed by atoms with van der Waals surface area (Å²) in [6.45, 7) is 1.77. The third kappa shape index (κ3) is 2.76. The van der Waals surface area contributed by atoms with E-state index in [2.05, 4.69) is 26.1 Å². The summed E-state index contributed by atoms with van der Waals surface area (Å²) < 4.78 is 6.27. The van der Waals surface area contributed by atoms with Gasteiger partial charge in [-0.1, -0.05) is 33.8 Å². The Labute approximate surface area is 106 Å². The Morgan fingerprint density at radius 3 is 2.88 bits per heavy atom. The maximum Gasteiger partial charge on any atom is 0.276 e. The van der Waals surface area contributed by atoms with Crippen LogP contribution in [0.5, 0.6) is 0 Å². The standard InChI is InChI=1S/C10H10BrN3OS/c1-6-13-14-10(15-6)16-5-7-2-3-8(12)4-9(7)11/h2-4H,5,12H2,1H3. The van der Waals surface area contributed by atoms with Gasteiger partial charge in [0.15, 0.2) is 0 Å². The van der Waals surface area contributed by atoms with Crippen molar-refractivity contribution in [2.75, 3.05) is 5.73 Å². The van der Waals surface area contributed by atoms with Crippen LogP contribution >= 0.6 is 27.7 Å². The molecular weight excluding hydrogens is 290 g/mol. The van der Waals surface area contributed by atoms with Crippen LogP contribution in [0.25, 0.3) is 0 Å². The number of rotatable bonds is 3. The first-order valence-corrected chi connectivity index (χ1v) is 6.40. The van der Waals surface area contributed by atoms with Gasteiger partial charge in [0.2, 0.25) is 5.89 Å². The van der Waals surface area contributed by atoms with E-state index in [0.29, 0.717) is 11.1 Å². The summed E-state index contributed by atoms with van der Waals surface area (Å²) in [6, 6.07) is 5.74. The van der Waals surface area contributed by atoms with Gasteiger partial charge in [0.1, 0.15) is 0 Å². The van der Waals surface area contributed by atoms with Crippen molar-refractivity contribution < 1.29 is 4.42 Å². The average Bonchev–Trinajstić information content (AvgIpc) is 2.63. The minimum atomic E-state index is 0.582. The molecule has 1 aromatic heterocycles. The number of hydrogen-bond acceptors (Lipinski definition) is 5. The van der Waals surface area contributed by atoms with Crippen molar-refractivity contribution in [2.24, 2.45) is 0 Å². The quantitative estimate of drug-likeness (QED) is 0.697. The van der Waals surface area contributed by atoms with Crippen molar-refractivity contribution >= 4 is 33.4 Å². The summed E-state index contributed by atoms with van der Waals surface area (Å²) in [7, 11) is 0. The maximum atomic E-state index is 5.66. The number of nitrogens with zero attached hydrogens (tertiary/aromatic N) is 2. The Bertz CT molecular complexity index is 501. The normalized spacial score (nSPS) is 10.6. The highest BCUT2D eigenvalue weighted by Gasteiger charge is 2.06. The lowest BCUT2D eigenvalue weighted by Gasteiger charge is -2.02. The zero-order valence-corrected chi connectivity index (χ0v) is 11.0. The Morgan fingerprint density at radius 1 is 1.44 bits per heavy atom. The Hall–Kier alpha value is -1.01. The van der Waals surface area contributed by atoms with Gasteiger partial charge in [0.05, 0.1) is 0 Å². The summed E-state index contributed by atoms with van der Waals surface area (Å²) in [5.41, 5.74) is 7.55. The summed E-state index contributed by atoms with van der Waals surface area (Å²) >= 11 is 4.97. The molecule has 0 saturated carbocycles. The van der Waals surface area contributed by atoms with Crippen LogP contribution in [-0.2, 0) is 5.75 Å². The molecule has 0 radical (unpaired) electrons. The molecule has 6 heteroatoms. The average molecular weight is 300 g/mol. The highest BCUT2D eigenvalue weighted by Crippen LogP contribution is 2.27. The Balaban J connectivity index is 2.04. The van der Waals surface area contributed by atoms with Gasteiger partial charge in [-0.3, -0.25) is 0 Å². The molecule has 0 unspecified atom stereocenters. The third-order valence-electron chi connectivity index (χ3n) is 1.94. The molecule has 2 rings (SSSR count). The van der Waals surface area contributed by atoms with Gasteiger partial charge >= 0.3 is 0 Å². The summed E-state index contributed by atoms with van der Waals surface area (Å²) in [4.78, 5) is 0. The number of hydrogen-bond donors (Lipinski definition) is 1. The smallest absolute Gasteiger partial charge is 0.276 e. The monoisotopic (exact) mass is 299 g/mol. The Kier molecular flexibility index (Phi) is 3.50. The molecule has 0 atom stereocenters. The van der Waals surface area contributed by atoms with E-state index in [4.69, 9.17) is 10.2 Å². The van der Waals surface area contributed by atoms with Crippen molar-refractivity contribution in [1.29, 1.82) is 0 Å². The molecule has 0 aliphatic rings. The van der Waals surface area contributed by atoms with Gasteiger partial charge in [-0.25, -0.2) is 0 Å². The van der Waals surface area contributed by atoms with E-state index in [1.165, 1.54) is 11.8 Å². The zero-order valence-electron chi connectivity index (χ0n) is 8.61. The molecule has 0 bridgehead atoms. The van der Waals surface area contributed by atoms with Crippen molar-refractivity contribution in [3.05, 3.63) is 34.1 Å². The van der Waals surface area contributed by atoms with Crippen LogP contribution in [0, 0.1) is 6.92 Å². The van der Waals surface area contributed by atoms with Crippen molar-refractivity contribution in [2.45, 2.75) is 17.9 Å². The third-order valence-corrected chi connectivity index (χ3v) is 3.54. The maximum absolute atomic E-state index is 5.66. The van der Waals surface area contributed by atoms with E-state index in [9.17, 15) is 0 Å². The van der Waals surface area contributed by atoms with E-state index in [0.717, 1.165) is 21.5 Å². The molecule has 0 spiro atoms. The van der Waals surface area contributed by atoms with Crippen molar-refractivity contribution in [1.82, 2.24) is 10.2 Å². The van der Waals surface area contributed by atoms with Crippen LogP contribution in [0.1, 0.15) is 11.5 Å². The first-order valence-electron chi connectivity index (χ1n) is 4.62. The fourth-order valence-electron chi connectivity index (χ4n) is 1.16.